The predicted octanol–water partition coefficient (Wildman–Crippen LogP) is 5.49. The molecule has 0 unspecified atom stereocenters. The molecule has 0 radical (unpaired) electrons. The van der Waals surface area contributed by atoms with E-state index >= 15 is 0 Å². The summed E-state index contributed by atoms with van der Waals surface area (Å²) in [5, 5.41) is 0. The molecule has 3 nitrogen and oxygen atoms in total. The highest BCUT2D eigenvalue weighted by molar-refractivity contribution is 7.98. The highest BCUT2D eigenvalue weighted by Gasteiger charge is 2.36. The van der Waals surface area contributed by atoms with Crippen LogP contribution in [0.3, 0.4) is 0 Å². The van der Waals surface area contributed by atoms with E-state index in [9.17, 15) is 13.2 Å². The van der Waals surface area contributed by atoms with Crippen molar-refractivity contribution in [3.63, 3.8) is 0 Å². The fourth-order valence-electron chi connectivity index (χ4n) is 2.45. The summed E-state index contributed by atoms with van der Waals surface area (Å²) in [5.74, 6) is -0.466. The van der Waals surface area contributed by atoms with E-state index in [0.717, 1.165) is 4.90 Å². The molecule has 25 heavy (non-hydrogen) atoms. The van der Waals surface area contributed by atoms with Gasteiger partial charge in [-0.05, 0) is 30.5 Å². The summed E-state index contributed by atoms with van der Waals surface area (Å²) in [5.41, 5.74) is 1.75. The van der Waals surface area contributed by atoms with Crippen LogP contribution in [0.1, 0.15) is 5.82 Å². The highest BCUT2D eigenvalue weighted by Crippen LogP contribution is 2.36. The number of halogens is 3. The van der Waals surface area contributed by atoms with Crippen LogP contribution in [0.15, 0.2) is 53.4 Å². The number of imidazole rings is 1. The van der Waals surface area contributed by atoms with E-state index in [-0.39, 0.29) is 5.69 Å². The Morgan fingerprint density at radius 2 is 1.76 bits per heavy atom. The zero-order chi connectivity index (χ0) is 18.0. The van der Waals surface area contributed by atoms with Crippen molar-refractivity contribution in [2.75, 3.05) is 13.4 Å². The first-order valence-corrected chi connectivity index (χ1v) is 8.61. The molecule has 0 amide bonds. The number of benzene rings is 2. The van der Waals surface area contributed by atoms with Gasteiger partial charge in [0, 0.05) is 16.0 Å². The maximum Gasteiger partial charge on any atom is 0.449 e. The van der Waals surface area contributed by atoms with Crippen LogP contribution in [0, 0.1) is 0 Å². The first-order valence-electron chi connectivity index (χ1n) is 7.38. The smallest absolute Gasteiger partial charge is 0.449 e. The fourth-order valence-corrected chi connectivity index (χ4v) is 2.86. The topological polar surface area (TPSA) is 37.9 Å². The van der Waals surface area contributed by atoms with E-state index in [4.69, 9.17) is 4.74 Å². The van der Waals surface area contributed by atoms with Gasteiger partial charge in [-0.2, -0.15) is 13.2 Å². The number of aromatic nitrogens is 2. The monoisotopic (exact) mass is 364 g/mol. The number of rotatable bonds is 4. The molecule has 0 aliphatic carbocycles. The van der Waals surface area contributed by atoms with Gasteiger partial charge in [-0.3, -0.25) is 0 Å². The number of H-pyrrole nitrogens is 1. The molecule has 2 aromatic carbocycles. The quantitative estimate of drug-likeness (QED) is 0.622. The molecule has 0 bridgehead atoms. The molecule has 3 rings (SSSR count). The largest absolute Gasteiger partial charge is 0.497 e. The van der Waals surface area contributed by atoms with Gasteiger partial charge in [0.15, 0.2) is 0 Å². The Balaban J connectivity index is 2.16. The average Bonchev–Trinajstić information content (AvgIpc) is 3.07. The maximum atomic E-state index is 13.2. The second-order valence-electron chi connectivity index (χ2n) is 5.27. The van der Waals surface area contributed by atoms with E-state index in [1.54, 1.807) is 48.2 Å². The summed E-state index contributed by atoms with van der Waals surface area (Å²) >= 11 is 1.57. The van der Waals surface area contributed by atoms with Gasteiger partial charge in [0.25, 0.3) is 0 Å². The van der Waals surface area contributed by atoms with Crippen molar-refractivity contribution in [3.05, 3.63) is 54.4 Å². The van der Waals surface area contributed by atoms with Crippen LogP contribution in [-0.2, 0) is 6.18 Å². The Labute approximate surface area is 147 Å². The SMILES string of the molecule is COc1cccc(-c2nc(C(F)(F)F)[nH]c2-c2ccc(SC)cc2)c1. The normalized spacial score (nSPS) is 11.6. The lowest BCUT2D eigenvalue weighted by Crippen LogP contribution is -2.07. The summed E-state index contributed by atoms with van der Waals surface area (Å²) in [6.07, 6.45) is -2.61. The van der Waals surface area contributed by atoms with Crippen molar-refractivity contribution in [2.24, 2.45) is 0 Å². The second kappa shape index (κ2) is 6.84. The van der Waals surface area contributed by atoms with E-state index in [0.29, 0.717) is 22.6 Å². The second-order valence-corrected chi connectivity index (χ2v) is 6.15. The molecule has 1 heterocycles. The lowest BCUT2D eigenvalue weighted by atomic mass is 10.0. The van der Waals surface area contributed by atoms with Crippen LogP contribution in [0.2, 0.25) is 0 Å². The van der Waals surface area contributed by atoms with Gasteiger partial charge in [-0.25, -0.2) is 4.98 Å². The Bertz CT molecular complexity index is 873. The molecular formula is C18H15F3N2OS. The number of hydrogen-bond acceptors (Lipinski definition) is 3. The standard InChI is InChI=1S/C18H15F3N2OS/c1-24-13-5-3-4-12(10-13)16-15(22-17(23-16)18(19,20)21)11-6-8-14(25-2)9-7-11/h3-10H,1-2H3,(H,22,23). The van der Waals surface area contributed by atoms with Gasteiger partial charge < -0.3 is 9.72 Å². The molecule has 0 saturated carbocycles. The Kier molecular flexibility index (Phi) is 4.76. The minimum Gasteiger partial charge on any atom is -0.497 e. The zero-order valence-electron chi connectivity index (χ0n) is 13.5. The number of aromatic amines is 1. The van der Waals surface area contributed by atoms with Crippen LogP contribution < -0.4 is 4.74 Å². The molecule has 0 aliphatic rings. The van der Waals surface area contributed by atoms with E-state index in [1.807, 2.05) is 18.4 Å². The fraction of sp³-hybridized carbons (Fsp3) is 0.167. The molecule has 0 aliphatic heterocycles. The molecule has 7 heteroatoms. The molecular weight excluding hydrogens is 349 g/mol. The molecule has 0 fully saturated rings. The van der Waals surface area contributed by atoms with Crippen LogP contribution in [-0.4, -0.2) is 23.3 Å². The van der Waals surface area contributed by atoms with Gasteiger partial charge in [0.1, 0.15) is 5.75 Å². The van der Waals surface area contributed by atoms with Crippen molar-refractivity contribution >= 4 is 11.8 Å². The predicted molar refractivity (Wildman–Crippen MR) is 92.8 cm³/mol. The number of nitrogens with zero attached hydrogens (tertiary/aromatic N) is 1. The number of methoxy groups -OCH3 is 1. The minimum atomic E-state index is -4.55. The zero-order valence-corrected chi connectivity index (χ0v) is 14.3. The third kappa shape index (κ3) is 3.66. The maximum absolute atomic E-state index is 13.2. The third-order valence-electron chi connectivity index (χ3n) is 3.69. The van der Waals surface area contributed by atoms with Gasteiger partial charge in [0.2, 0.25) is 5.82 Å². The molecule has 3 aromatic rings. The number of alkyl halides is 3. The summed E-state index contributed by atoms with van der Waals surface area (Å²) in [6.45, 7) is 0. The first kappa shape index (κ1) is 17.4. The molecule has 0 spiro atoms. The first-order chi connectivity index (χ1) is 11.9. The van der Waals surface area contributed by atoms with Crippen LogP contribution in [0.5, 0.6) is 5.75 Å². The Morgan fingerprint density at radius 3 is 2.36 bits per heavy atom. The average molecular weight is 364 g/mol. The molecule has 0 saturated heterocycles. The number of nitrogens with one attached hydrogen (secondary N) is 1. The Hall–Kier alpha value is -2.41. The van der Waals surface area contributed by atoms with E-state index in [2.05, 4.69) is 9.97 Å². The molecule has 0 atom stereocenters. The Morgan fingerprint density at radius 1 is 1.04 bits per heavy atom. The van der Waals surface area contributed by atoms with E-state index < -0.39 is 12.0 Å². The third-order valence-corrected chi connectivity index (χ3v) is 4.44. The highest BCUT2D eigenvalue weighted by atomic mass is 32.2. The number of hydrogen-bond donors (Lipinski definition) is 1. The van der Waals surface area contributed by atoms with Gasteiger partial charge in [-0.15, -0.1) is 11.8 Å². The number of ether oxygens (including phenoxy) is 1. The lowest BCUT2D eigenvalue weighted by molar-refractivity contribution is -0.144. The molecule has 1 aromatic heterocycles. The van der Waals surface area contributed by atoms with Crippen molar-refractivity contribution in [1.29, 1.82) is 0 Å². The van der Waals surface area contributed by atoms with Crippen molar-refractivity contribution < 1.29 is 17.9 Å². The summed E-state index contributed by atoms with van der Waals surface area (Å²) in [4.78, 5) is 7.26. The lowest BCUT2D eigenvalue weighted by Gasteiger charge is -2.06. The van der Waals surface area contributed by atoms with Crippen LogP contribution in [0.4, 0.5) is 13.2 Å². The van der Waals surface area contributed by atoms with Crippen molar-refractivity contribution in [3.8, 4) is 28.3 Å². The van der Waals surface area contributed by atoms with Crippen molar-refractivity contribution in [2.45, 2.75) is 11.1 Å². The summed E-state index contributed by atoms with van der Waals surface area (Å²) in [6, 6.07) is 14.1. The molecule has 1 N–H and O–H groups in total. The van der Waals surface area contributed by atoms with Gasteiger partial charge >= 0.3 is 6.18 Å². The minimum absolute atomic E-state index is 0.239. The summed E-state index contributed by atoms with van der Waals surface area (Å²) in [7, 11) is 1.51. The number of thioether (sulfide) groups is 1. The van der Waals surface area contributed by atoms with Gasteiger partial charge in [0.05, 0.1) is 18.5 Å². The van der Waals surface area contributed by atoms with E-state index in [1.165, 1.54) is 7.11 Å². The van der Waals surface area contributed by atoms with Gasteiger partial charge in [-0.1, -0.05) is 24.3 Å². The van der Waals surface area contributed by atoms with Crippen LogP contribution in [0.25, 0.3) is 22.5 Å². The molecule has 130 valence electrons. The summed E-state index contributed by atoms with van der Waals surface area (Å²) < 4.78 is 44.6. The van der Waals surface area contributed by atoms with Crippen LogP contribution >= 0.6 is 11.8 Å². The van der Waals surface area contributed by atoms with Crippen molar-refractivity contribution in [1.82, 2.24) is 9.97 Å².